The topological polar surface area (TPSA) is 94.8 Å². The van der Waals surface area contributed by atoms with Gasteiger partial charge < -0.3 is 20.2 Å². The van der Waals surface area contributed by atoms with Crippen LogP contribution < -0.4 is 10.6 Å². The minimum Gasteiger partial charge on any atom is -0.459 e. The number of aliphatic hydroxyl groups is 1. The van der Waals surface area contributed by atoms with E-state index < -0.39 is 12.5 Å². The van der Waals surface area contributed by atoms with E-state index in [9.17, 15) is 9.59 Å². The number of likely N-dealkylation sites (N-methyl/N-ethyl adjacent to an activating group) is 1. The number of aliphatic hydroxyl groups excluding tert-OH is 1. The molecule has 0 radical (unpaired) electrons. The molecule has 0 spiro atoms. The first-order valence-electron chi connectivity index (χ1n) is 9.33. The van der Waals surface area contributed by atoms with Crippen molar-refractivity contribution in [3.63, 3.8) is 0 Å². The second kappa shape index (κ2) is 8.10. The molecule has 7 heteroatoms. The van der Waals surface area contributed by atoms with Crippen molar-refractivity contribution in [2.75, 3.05) is 19.7 Å². The molecule has 0 aliphatic carbocycles. The summed E-state index contributed by atoms with van der Waals surface area (Å²) in [7, 11) is 0. The first-order valence-corrected chi connectivity index (χ1v) is 9.33. The Kier molecular flexibility index (Phi) is 5.82. The Morgan fingerprint density at radius 2 is 2.11 bits per heavy atom. The van der Waals surface area contributed by atoms with E-state index in [1.54, 1.807) is 0 Å². The van der Waals surface area contributed by atoms with Gasteiger partial charge in [0.2, 0.25) is 11.8 Å². The number of rotatable bonds is 6. The number of furan rings is 1. The third-order valence-electron chi connectivity index (χ3n) is 5.10. The number of aryl methyl sites for hydroxylation is 2. The summed E-state index contributed by atoms with van der Waals surface area (Å²) in [5.74, 6) is 0.355. The van der Waals surface area contributed by atoms with Gasteiger partial charge in [-0.1, -0.05) is 11.6 Å². The lowest BCUT2D eigenvalue weighted by Gasteiger charge is -2.22. The summed E-state index contributed by atoms with van der Waals surface area (Å²) in [4.78, 5) is 26.1. The Hall–Kier alpha value is -2.38. The number of likely N-dealkylation sites (tertiary alicyclic amines) is 1. The second-order valence-electron chi connectivity index (χ2n) is 7.15. The van der Waals surface area contributed by atoms with Crippen LogP contribution in [0.3, 0.4) is 0 Å². The predicted molar refractivity (Wildman–Crippen MR) is 102 cm³/mol. The van der Waals surface area contributed by atoms with Gasteiger partial charge in [-0.05, 0) is 44.9 Å². The lowest BCUT2D eigenvalue weighted by molar-refractivity contribution is -0.126. The van der Waals surface area contributed by atoms with Crippen molar-refractivity contribution in [2.24, 2.45) is 0 Å². The molecule has 2 heterocycles. The van der Waals surface area contributed by atoms with Crippen LogP contribution in [0.1, 0.15) is 30.2 Å². The highest BCUT2D eigenvalue weighted by Crippen LogP contribution is 2.29. The van der Waals surface area contributed by atoms with E-state index in [4.69, 9.17) is 9.52 Å². The number of benzene rings is 1. The van der Waals surface area contributed by atoms with Crippen LogP contribution in [0.2, 0.25) is 0 Å². The zero-order valence-electron chi connectivity index (χ0n) is 16.0. The van der Waals surface area contributed by atoms with Crippen LogP contribution >= 0.6 is 0 Å². The fourth-order valence-corrected chi connectivity index (χ4v) is 3.74. The van der Waals surface area contributed by atoms with Crippen molar-refractivity contribution in [1.82, 2.24) is 15.5 Å². The molecule has 7 nitrogen and oxygen atoms in total. The van der Waals surface area contributed by atoms with Gasteiger partial charge in [0, 0.05) is 24.5 Å². The van der Waals surface area contributed by atoms with Gasteiger partial charge in [-0.3, -0.25) is 14.5 Å². The molecular formula is C20H27N3O4. The van der Waals surface area contributed by atoms with Crippen molar-refractivity contribution in [3.05, 3.63) is 35.1 Å². The van der Waals surface area contributed by atoms with E-state index in [1.165, 1.54) is 5.56 Å². The van der Waals surface area contributed by atoms with Crippen LogP contribution in [-0.4, -0.2) is 53.6 Å². The van der Waals surface area contributed by atoms with E-state index in [1.807, 2.05) is 37.8 Å². The number of hydrogen-bond donors (Lipinski definition) is 3. The molecule has 2 amide bonds. The van der Waals surface area contributed by atoms with Crippen molar-refractivity contribution in [2.45, 2.75) is 45.8 Å². The summed E-state index contributed by atoms with van der Waals surface area (Å²) in [6.07, 6.45) is 0.510. The lowest BCUT2D eigenvalue weighted by atomic mass is 10.1. The van der Waals surface area contributed by atoms with Gasteiger partial charge >= 0.3 is 0 Å². The molecule has 1 aliphatic rings. The van der Waals surface area contributed by atoms with E-state index in [0.29, 0.717) is 26.1 Å². The fourth-order valence-electron chi connectivity index (χ4n) is 3.74. The number of carbonyl (C=O) groups is 2. The summed E-state index contributed by atoms with van der Waals surface area (Å²) < 4.78 is 6.04. The first kappa shape index (κ1) is 19.4. The maximum absolute atomic E-state index is 12.5. The molecule has 0 bridgehead atoms. The van der Waals surface area contributed by atoms with E-state index in [0.717, 1.165) is 22.3 Å². The summed E-state index contributed by atoms with van der Waals surface area (Å²) in [5.41, 5.74) is 3.09. The Labute approximate surface area is 158 Å². The van der Waals surface area contributed by atoms with Crippen molar-refractivity contribution in [3.8, 4) is 0 Å². The molecule has 1 aromatic carbocycles. The zero-order valence-corrected chi connectivity index (χ0v) is 16.0. The standard InChI is InChI=1S/C20H27N3O4/c1-4-21-20(26)16-8-14(22-19(25)11-24)9-23(16)10-18-13(3)15-7-12(2)5-6-17(15)27-18/h5-7,14,16,24H,4,8-11H2,1-3H3,(H,21,26)(H,22,25)/t14-,16+/m1/s1. The summed E-state index contributed by atoms with van der Waals surface area (Å²) in [6.45, 7) is 6.99. The van der Waals surface area contributed by atoms with Crippen LogP contribution in [0.4, 0.5) is 0 Å². The van der Waals surface area contributed by atoms with Gasteiger partial charge in [-0.25, -0.2) is 0 Å². The van der Waals surface area contributed by atoms with Gasteiger partial charge in [0.1, 0.15) is 18.0 Å². The molecule has 1 fully saturated rings. The Morgan fingerprint density at radius 3 is 2.81 bits per heavy atom. The van der Waals surface area contributed by atoms with Crippen LogP contribution in [0.25, 0.3) is 11.0 Å². The fraction of sp³-hybridized carbons (Fsp3) is 0.500. The second-order valence-corrected chi connectivity index (χ2v) is 7.15. The summed E-state index contributed by atoms with van der Waals surface area (Å²) in [6, 6.07) is 5.57. The lowest BCUT2D eigenvalue weighted by Crippen LogP contribution is -2.42. The smallest absolute Gasteiger partial charge is 0.245 e. The van der Waals surface area contributed by atoms with Crippen LogP contribution in [0.15, 0.2) is 22.6 Å². The van der Waals surface area contributed by atoms with Crippen LogP contribution in [0.5, 0.6) is 0 Å². The quantitative estimate of drug-likeness (QED) is 0.708. The maximum Gasteiger partial charge on any atom is 0.245 e. The molecular weight excluding hydrogens is 346 g/mol. The highest BCUT2D eigenvalue weighted by Gasteiger charge is 2.37. The molecule has 0 saturated carbocycles. The third-order valence-corrected chi connectivity index (χ3v) is 5.10. The van der Waals surface area contributed by atoms with Gasteiger partial charge in [0.15, 0.2) is 0 Å². The molecule has 146 valence electrons. The molecule has 27 heavy (non-hydrogen) atoms. The van der Waals surface area contributed by atoms with E-state index in [2.05, 4.69) is 16.7 Å². The van der Waals surface area contributed by atoms with Crippen molar-refractivity contribution < 1.29 is 19.1 Å². The highest BCUT2D eigenvalue weighted by atomic mass is 16.3. The minimum atomic E-state index is -0.551. The predicted octanol–water partition coefficient (Wildman–Crippen LogP) is 1.24. The minimum absolute atomic E-state index is 0.0529. The van der Waals surface area contributed by atoms with Crippen molar-refractivity contribution in [1.29, 1.82) is 0 Å². The third kappa shape index (κ3) is 4.14. The molecule has 1 aromatic heterocycles. The van der Waals surface area contributed by atoms with E-state index in [-0.39, 0.29) is 18.0 Å². The normalized spacial score (nSPS) is 20.1. The summed E-state index contributed by atoms with van der Waals surface area (Å²) in [5, 5.41) is 15.7. The number of carbonyl (C=O) groups excluding carboxylic acids is 2. The molecule has 1 saturated heterocycles. The molecule has 2 aromatic rings. The molecule has 1 aliphatic heterocycles. The molecule has 3 rings (SSSR count). The van der Waals surface area contributed by atoms with Gasteiger partial charge in [-0.15, -0.1) is 0 Å². The number of amides is 2. The number of fused-ring (bicyclic) bond motifs is 1. The van der Waals surface area contributed by atoms with Crippen LogP contribution in [-0.2, 0) is 16.1 Å². The molecule has 2 atom stereocenters. The monoisotopic (exact) mass is 373 g/mol. The van der Waals surface area contributed by atoms with Crippen LogP contribution in [0, 0.1) is 13.8 Å². The number of hydrogen-bond acceptors (Lipinski definition) is 5. The average molecular weight is 373 g/mol. The number of nitrogens with one attached hydrogen (secondary N) is 2. The Balaban J connectivity index is 1.82. The molecule has 3 N–H and O–H groups in total. The van der Waals surface area contributed by atoms with E-state index >= 15 is 0 Å². The molecule has 0 unspecified atom stereocenters. The first-order chi connectivity index (χ1) is 12.9. The largest absolute Gasteiger partial charge is 0.459 e. The number of nitrogens with zero attached hydrogens (tertiary/aromatic N) is 1. The van der Waals surface area contributed by atoms with Gasteiger partial charge in [0.25, 0.3) is 0 Å². The zero-order chi connectivity index (χ0) is 19.6. The SMILES string of the molecule is CCNC(=O)[C@@H]1C[C@@H](NC(=O)CO)CN1Cc1oc2ccc(C)cc2c1C. The highest BCUT2D eigenvalue weighted by molar-refractivity contribution is 5.84. The van der Waals surface area contributed by atoms with Crippen molar-refractivity contribution >= 4 is 22.8 Å². The Morgan fingerprint density at radius 1 is 1.33 bits per heavy atom. The van der Waals surface area contributed by atoms with Gasteiger partial charge in [-0.2, -0.15) is 0 Å². The summed E-state index contributed by atoms with van der Waals surface area (Å²) >= 11 is 0. The maximum atomic E-state index is 12.5. The Bertz CT molecular complexity index is 845. The van der Waals surface area contributed by atoms with Gasteiger partial charge in [0.05, 0.1) is 12.6 Å². The average Bonchev–Trinajstić information content (AvgIpc) is 3.17.